The van der Waals surface area contributed by atoms with Gasteiger partial charge in [0.05, 0.1) is 24.0 Å². The van der Waals surface area contributed by atoms with Gasteiger partial charge in [-0.15, -0.1) is 0 Å². The molecule has 174 valence electrons. The number of rotatable bonds is 8. The molecule has 0 saturated heterocycles. The molecule has 6 nitrogen and oxygen atoms in total. The van der Waals surface area contributed by atoms with E-state index in [0.717, 1.165) is 57.8 Å². The Morgan fingerprint density at radius 3 is 1.45 bits per heavy atom. The Morgan fingerprint density at radius 2 is 1.06 bits per heavy atom. The molecule has 31 heavy (non-hydrogen) atoms. The lowest BCUT2D eigenvalue weighted by Crippen LogP contribution is -2.39. The van der Waals surface area contributed by atoms with Gasteiger partial charge in [0.1, 0.15) is 0 Å². The summed E-state index contributed by atoms with van der Waals surface area (Å²) in [7, 11) is 0. The molecule has 0 amide bonds. The summed E-state index contributed by atoms with van der Waals surface area (Å²) in [6.07, 6.45) is 15.3. The lowest BCUT2D eigenvalue weighted by molar-refractivity contribution is -0.203. The second kappa shape index (κ2) is 10.5. The van der Waals surface area contributed by atoms with Crippen LogP contribution in [0.25, 0.3) is 0 Å². The Kier molecular flexibility index (Phi) is 7.70. The molecule has 6 heteroatoms. The van der Waals surface area contributed by atoms with Crippen molar-refractivity contribution in [2.75, 3.05) is 0 Å². The van der Waals surface area contributed by atoms with Crippen LogP contribution in [0, 0.1) is 23.7 Å². The van der Waals surface area contributed by atoms with E-state index in [4.69, 9.17) is 18.9 Å². The largest absolute Gasteiger partial charge is 0.436 e. The van der Waals surface area contributed by atoms with Crippen LogP contribution < -0.4 is 0 Å². The minimum absolute atomic E-state index is 0.0338. The van der Waals surface area contributed by atoms with E-state index in [9.17, 15) is 9.59 Å². The molecule has 0 spiro atoms. The van der Waals surface area contributed by atoms with Crippen molar-refractivity contribution in [3.63, 3.8) is 0 Å². The highest BCUT2D eigenvalue weighted by molar-refractivity contribution is 5.84. The maximum absolute atomic E-state index is 13.0. The van der Waals surface area contributed by atoms with Crippen LogP contribution in [0.3, 0.4) is 0 Å². The third kappa shape index (κ3) is 5.70. The molecule has 4 aliphatic carbocycles. The first-order chi connectivity index (χ1) is 15.0. The predicted molar refractivity (Wildman–Crippen MR) is 115 cm³/mol. The van der Waals surface area contributed by atoms with Crippen molar-refractivity contribution in [3.05, 3.63) is 12.2 Å². The van der Waals surface area contributed by atoms with Gasteiger partial charge in [0.2, 0.25) is 0 Å². The SMILES string of the molecule is CC(OC(=O)C1C2C=CC(C2)C1C(=O)OC(C)OC1CCCCC1)OC1CCCCC1. The Balaban J connectivity index is 1.31. The molecular weight excluding hydrogens is 396 g/mol. The molecule has 4 aliphatic rings. The van der Waals surface area contributed by atoms with Crippen LogP contribution >= 0.6 is 0 Å². The minimum atomic E-state index is -0.594. The summed E-state index contributed by atoms with van der Waals surface area (Å²) in [6.45, 7) is 3.56. The predicted octanol–water partition coefficient (Wildman–Crippen LogP) is 4.90. The number of hydrogen-bond donors (Lipinski definition) is 0. The lowest BCUT2D eigenvalue weighted by atomic mass is 9.83. The average Bonchev–Trinajstić information content (AvgIpc) is 3.36. The van der Waals surface area contributed by atoms with Gasteiger partial charge >= 0.3 is 11.9 Å². The van der Waals surface area contributed by atoms with Crippen molar-refractivity contribution in [3.8, 4) is 0 Å². The van der Waals surface area contributed by atoms with Gasteiger partial charge < -0.3 is 18.9 Å². The maximum atomic E-state index is 13.0. The first-order valence-electron chi connectivity index (χ1n) is 12.4. The van der Waals surface area contributed by atoms with Crippen molar-refractivity contribution in [1.29, 1.82) is 0 Å². The zero-order valence-electron chi connectivity index (χ0n) is 19.0. The molecule has 6 unspecified atom stereocenters. The third-order valence-corrected chi connectivity index (χ3v) is 7.44. The zero-order valence-corrected chi connectivity index (χ0v) is 19.0. The van der Waals surface area contributed by atoms with E-state index in [2.05, 4.69) is 12.2 Å². The van der Waals surface area contributed by atoms with E-state index >= 15 is 0 Å². The second-order valence-corrected chi connectivity index (χ2v) is 9.80. The van der Waals surface area contributed by atoms with E-state index < -0.39 is 24.4 Å². The summed E-state index contributed by atoms with van der Waals surface area (Å²) in [5.41, 5.74) is 0. The Bertz CT molecular complexity index is 594. The van der Waals surface area contributed by atoms with Crippen LogP contribution in [0.5, 0.6) is 0 Å². The minimum Gasteiger partial charge on any atom is -0.436 e. The van der Waals surface area contributed by atoms with Gasteiger partial charge in [-0.25, -0.2) is 0 Å². The smallest absolute Gasteiger partial charge is 0.312 e. The standard InChI is InChI=1S/C25H38O6/c1-16(28-20-9-5-3-6-10-20)30-24(26)22-18-13-14-19(15-18)23(22)25(27)31-17(2)29-21-11-7-4-8-12-21/h13-14,16-23H,3-12,15H2,1-2H3. The van der Waals surface area contributed by atoms with Crippen LogP contribution in [0.4, 0.5) is 0 Å². The van der Waals surface area contributed by atoms with Crippen LogP contribution in [-0.2, 0) is 28.5 Å². The summed E-state index contributed by atoms with van der Waals surface area (Å²) in [6, 6.07) is 0. The first kappa shape index (κ1) is 22.8. The molecule has 0 aromatic rings. The summed E-state index contributed by atoms with van der Waals surface area (Å²) in [5.74, 6) is -1.62. The van der Waals surface area contributed by atoms with Crippen molar-refractivity contribution in [2.24, 2.45) is 23.7 Å². The molecule has 2 bridgehead atoms. The number of carbonyl (C=O) groups is 2. The Labute approximate surface area is 186 Å². The van der Waals surface area contributed by atoms with Crippen LogP contribution in [-0.4, -0.2) is 36.7 Å². The van der Waals surface area contributed by atoms with Gasteiger partial charge in [0, 0.05) is 0 Å². The van der Waals surface area contributed by atoms with Crippen LogP contribution in [0.15, 0.2) is 12.2 Å². The first-order valence-corrected chi connectivity index (χ1v) is 12.4. The summed E-state index contributed by atoms with van der Waals surface area (Å²) >= 11 is 0. The van der Waals surface area contributed by atoms with Crippen LogP contribution in [0.1, 0.15) is 84.5 Å². The zero-order chi connectivity index (χ0) is 21.8. The van der Waals surface area contributed by atoms with Crippen molar-refractivity contribution < 1.29 is 28.5 Å². The molecule has 0 aromatic heterocycles. The molecule has 0 N–H and O–H groups in total. The molecule has 3 fully saturated rings. The summed E-state index contributed by atoms with van der Waals surface area (Å²) in [5, 5.41) is 0. The van der Waals surface area contributed by atoms with Gasteiger partial charge in [0.25, 0.3) is 0 Å². The molecule has 3 saturated carbocycles. The number of esters is 2. The van der Waals surface area contributed by atoms with E-state index in [1.54, 1.807) is 13.8 Å². The fourth-order valence-corrected chi connectivity index (χ4v) is 5.95. The topological polar surface area (TPSA) is 71.1 Å². The fraction of sp³-hybridized carbons (Fsp3) is 0.840. The lowest BCUT2D eigenvalue weighted by Gasteiger charge is -2.30. The van der Waals surface area contributed by atoms with E-state index in [1.807, 2.05) is 0 Å². The van der Waals surface area contributed by atoms with Gasteiger partial charge in [-0.2, -0.15) is 0 Å². The monoisotopic (exact) mass is 434 g/mol. The van der Waals surface area contributed by atoms with Gasteiger partial charge in [0.15, 0.2) is 12.6 Å². The van der Waals surface area contributed by atoms with Gasteiger partial charge in [-0.1, -0.05) is 50.7 Å². The second-order valence-electron chi connectivity index (χ2n) is 9.80. The third-order valence-electron chi connectivity index (χ3n) is 7.44. The molecular formula is C25H38O6. The number of hydrogen-bond acceptors (Lipinski definition) is 6. The summed E-state index contributed by atoms with van der Waals surface area (Å²) in [4.78, 5) is 26.1. The molecule has 6 atom stereocenters. The molecule has 0 heterocycles. The number of allylic oxidation sites excluding steroid dienone is 2. The highest BCUT2D eigenvalue weighted by atomic mass is 16.7. The molecule has 0 radical (unpaired) electrons. The normalized spacial score (nSPS) is 33.2. The van der Waals surface area contributed by atoms with Gasteiger partial charge in [-0.3, -0.25) is 9.59 Å². The van der Waals surface area contributed by atoms with E-state index in [0.29, 0.717) is 0 Å². The highest BCUT2D eigenvalue weighted by Crippen LogP contribution is 2.49. The number of fused-ring (bicyclic) bond motifs is 2. The molecule has 0 aromatic carbocycles. The quantitative estimate of drug-likeness (QED) is 0.307. The fourth-order valence-electron chi connectivity index (χ4n) is 5.95. The average molecular weight is 435 g/mol. The Hall–Kier alpha value is -1.40. The van der Waals surface area contributed by atoms with Gasteiger partial charge in [-0.05, 0) is 57.8 Å². The number of carbonyl (C=O) groups excluding carboxylic acids is 2. The van der Waals surface area contributed by atoms with E-state index in [-0.39, 0.29) is 36.0 Å². The maximum Gasteiger partial charge on any atom is 0.312 e. The van der Waals surface area contributed by atoms with Crippen LogP contribution in [0.2, 0.25) is 0 Å². The molecule has 0 aliphatic heterocycles. The van der Waals surface area contributed by atoms with Crippen molar-refractivity contribution in [1.82, 2.24) is 0 Å². The summed E-state index contributed by atoms with van der Waals surface area (Å²) < 4.78 is 23.2. The van der Waals surface area contributed by atoms with E-state index in [1.165, 1.54) is 12.8 Å². The Morgan fingerprint density at radius 1 is 0.677 bits per heavy atom. The van der Waals surface area contributed by atoms with Crippen molar-refractivity contribution >= 4 is 11.9 Å². The number of ether oxygens (including phenoxy) is 4. The highest BCUT2D eigenvalue weighted by Gasteiger charge is 2.53. The van der Waals surface area contributed by atoms with Crippen molar-refractivity contribution in [2.45, 2.75) is 109 Å². The molecule has 4 rings (SSSR count).